The van der Waals surface area contributed by atoms with Gasteiger partial charge in [0.1, 0.15) is 6.04 Å². The predicted octanol–water partition coefficient (Wildman–Crippen LogP) is 2.86. The second-order valence-electron chi connectivity index (χ2n) is 6.52. The van der Waals surface area contributed by atoms with Crippen molar-refractivity contribution in [2.24, 2.45) is 5.92 Å². The first-order valence-corrected chi connectivity index (χ1v) is 8.89. The van der Waals surface area contributed by atoms with E-state index < -0.39 is 17.9 Å². The van der Waals surface area contributed by atoms with Crippen molar-refractivity contribution < 1.29 is 14.4 Å². The van der Waals surface area contributed by atoms with Crippen LogP contribution in [0.5, 0.6) is 0 Å². The third-order valence-corrected chi connectivity index (χ3v) is 4.14. The molecule has 0 radical (unpaired) electrons. The van der Waals surface area contributed by atoms with E-state index >= 15 is 0 Å². The summed E-state index contributed by atoms with van der Waals surface area (Å²) in [6.45, 7) is 5.49. The molecule has 0 aromatic heterocycles. The molecule has 0 bridgehead atoms. The lowest BCUT2D eigenvalue weighted by Gasteiger charge is -2.22. The Balaban J connectivity index is 2.00. The van der Waals surface area contributed by atoms with Gasteiger partial charge < -0.3 is 5.32 Å². The van der Waals surface area contributed by atoms with Crippen LogP contribution in [-0.4, -0.2) is 23.8 Å². The van der Waals surface area contributed by atoms with Crippen LogP contribution < -0.4 is 16.2 Å². The normalized spacial score (nSPS) is 11.6. The molecule has 0 aliphatic heterocycles. The third-order valence-electron chi connectivity index (χ3n) is 3.90. The molecule has 2 aromatic carbocycles. The van der Waals surface area contributed by atoms with E-state index in [0.717, 1.165) is 5.56 Å². The number of nitrogens with one attached hydrogen (secondary N) is 3. The highest BCUT2D eigenvalue weighted by Crippen LogP contribution is 2.10. The molecule has 0 fully saturated rings. The maximum Gasteiger partial charge on any atom is 0.269 e. The summed E-state index contributed by atoms with van der Waals surface area (Å²) in [5.74, 6) is -1.55. The highest BCUT2D eigenvalue weighted by atomic mass is 35.5. The summed E-state index contributed by atoms with van der Waals surface area (Å²) in [4.78, 5) is 37.0. The first kappa shape index (κ1) is 20.5. The van der Waals surface area contributed by atoms with Gasteiger partial charge in [-0.25, -0.2) is 0 Å². The standard InChI is InChI=1S/C20H22ClN3O3/c1-12(2)17(22-18(25)14-7-4-6-13(3)10-14)20(27)24-23-19(26)15-8-5-9-16(21)11-15/h4-12,17H,1-3H3,(H,22,25)(H,23,26)(H,24,27). The number of carbonyl (C=O) groups is 3. The van der Waals surface area contributed by atoms with Gasteiger partial charge in [0.2, 0.25) is 0 Å². The molecule has 0 spiro atoms. The summed E-state index contributed by atoms with van der Waals surface area (Å²) in [6.07, 6.45) is 0. The van der Waals surface area contributed by atoms with Gasteiger partial charge >= 0.3 is 0 Å². The Bertz CT molecular complexity index is 852. The molecule has 0 heterocycles. The molecule has 0 aliphatic rings. The number of rotatable bonds is 5. The van der Waals surface area contributed by atoms with E-state index in [2.05, 4.69) is 16.2 Å². The largest absolute Gasteiger partial charge is 0.340 e. The van der Waals surface area contributed by atoms with Gasteiger partial charge in [-0.1, -0.05) is 49.2 Å². The molecule has 3 N–H and O–H groups in total. The Labute approximate surface area is 163 Å². The predicted molar refractivity (Wildman–Crippen MR) is 104 cm³/mol. The number of hydrogen-bond donors (Lipinski definition) is 3. The first-order valence-electron chi connectivity index (χ1n) is 8.51. The molecule has 142 valence electrons. The molecule has 1 atom stereocenters. The number of benzene rings is 2. The van der Waals surface area contributed by atoms with Crippen LogP contribution in [0.25, 0.3) is 0 Å². The van der Waals surface area contributed by atoms with Crippen molar-refractivity contribution in [2.45, 2.75) is 26.8 Å². The lowest BCUT2D eigenvalue weighted by Crippen LogP contribution is -2.54. The molecular weight excluding hydrogens is 366 g/mol. The SMILES string of the molecule is Cc1cccc(C(=O)NC(C(=O)NNC(=O)c2cccc(Cl)c2)C(C)C)c1. The summed E-state index contributed by atoms with van der Waals surface area (Å²) < 4.78 is 0. The minimum absolute atomic E-state index is 0.179. The fourth-order valence-electron chi connectivity index (χ4n) is 2.44. The highest BCUT2D eigenvalue weighted by molar-refractivity contribution is 6.30. The lowest BCUT2D eigenvalue weighted by molar-refractivity contribution is -0.124. The van der Waals surface area contributed by atoms with Crippen molar-refractivity contribution in [3.8, 4) is 0 Å². The molecule has 6 nitrogen and oxygen atoms in total. The van der Waals surface area contributed by atoms with Gasteiger partial charge in [0.25, 0.3) is 17.7 Å². The summed E-state index contributed by atoms with van der Waals surface area (Å²) in [5, 5.41) is 3.13. The quantitative estimate of drug-likeness (QED) is 0.689. The summed E-state index contributed by atoms with van der Waals surface area (Å²) in [6, 6.07) is 12.6. The third kappa shape index (κ3) is 5.82. The molecule has 3 amide bonds. The van der Waals surface area contributed by atoms with E-state index in [0.29, 0.717) is 16.1 Å². The van der Waals surface area contributed by atoms with Gasteiger partial charge in [-0.2, -0.15) is 0 Å². The highest BCUT2D eigenvalue weighted by Gasteiger charge is 2.25. The van der Waals surface area contributed by atoms with Gasteiger partial charge in [-0.15, -0.1) is 0 Å². The average Bonchev–Trinajstić information content (AvgIpc) is 2.63. The minimum Gasteiger partial charge on any atom is -0.340 e. The van der Waals surface area contributed by atoms with E-state index in [-0.39, 0.29) is 11.8 Å². The van der Waals surface area contributed by atoms with Gasteiger partial charge in [0.15, 0.2) is 0 Å². The number of carbonyl (C=O) groups excluding carboxylic acids is 3. The van der Waals surface area contributed by atoms with Crippen molar-refractivity contribution in [1.82, 2.24) is 16.2 Å². The fraction of sp³-hybridized carbons (Fsp3) is 0.250. The van der Waals surface area contributed by atoms with E-state index in [1.54, 1.807) is 50.2 Å². The Morgan fingerprint density at radius 2 is 1.52 bits per heavy atom. The van der Waals surface area contributed by atoms with Gasteiger partial charge in [0.05, 0.1) is 0 Å². The Morgan fingerprint density at radius 3 is 2.11 bits per heavy atom. The number of amides is 3. The maximum absolute atomic E-state index is 12.5. The molecule has 1 unspecified atom stereocenters. The van der Waals surface area contributed by atoms with E-state index in [4.69, 9.17) is 11.6 Å². The fourth-order valence-corrected chi connectivity index (χ4v) is 2.63. The Hall–Kier alpha value is -2.86. The zero-order valence-electron chi connectivity index (χ0n) is 15.4. The van der Waals surface area contributed by atoms with Crippen molar-refractivity contribution in [3.05, 3.63) is 70.2 Å². The smallest absolute Gasteiger partial charge is 0.269 e. The van der Waals surface area contributed by atoms with Gasteiger partial charge in [0, 0.05) is 16.1 Å². The summed E-state index contributed by atoms with van der Waals surface area (Å²) in [5.41, 5.74) is 6.42. The number of aryl methyl sites for hydroxylation is 1. The Morgan fingerprint density at radius 1 is 0.889 bits per heavy atom. The average molecular weight is 388 g/mol. The molecular formula is C20H22ClN3O3. The molecule has 2 aromatic rings. The number of hydrazine groups is 1. The van der Waals surface area contributed by atoms with Crippen LogP contribution in [0.4, 0.5) is 0 Å². The molecule has 0 aliphatic carbocycles. The second kappa shape index (κ2) is 9.19. The minimum atomic E-state index is -0.808. The molecule has 0 saturated carbocycles. The zero-order chi connectivity index (χ0) is 20.0. The van der Waals surface area contributed by atoms with Crippen molar-refractivity contribution >= 4 is 29.3 Å². The number of hydrogen-bond acceptors (Lipinski definition) is 3. The van der Waals surface area contributed by atoms with Gasteiger partial charge in [-0.05, 0) is 43.2 Å². The van der Waals surface area contributed by atoms with Crippen LogP contribution in [0.15, 0.2) is 48.5 Å². The lowest BCUT2D eigenvalue weighted by atomic mass is 10.0. The van der Waals surface area contributed by atoms with Crippen LogP contribution >= 0.6 is 11.6 Å². The first-order chi connectivity index (χ1) is 12.8. The van der Waals surface area contributed by atoms with Crippen LogP contribution in [0.3, 0.4) is 0 Å². The van der Waals surface area contributed by atoms with Crippen molar-refractivity contribution in [1.29, 1.82) is 0 Å². The zero-order valence-corrected chi connectivity index (χ0v) is 16.1. The summed E-state index contributed by atoms with van der Waals surface area (Å²) >= 11 is 5.86. The van der Waals surface area contributed by atoms with Crippen LogP contribution in [0.2, 0.25) is 5.02 Å². The van der Waals surface area contributed by atoms with Crippen LogP contribution in [0, 0.1) is 12.8 Å². The monoisotopic (exact) mass is 387 g/mol. The topological polar surface area (TPSA) is 87.3 Å². The molecule has 2 rings (SSSR count). The summed E-state index contributed by atoms with van der Waals surface area (Å²) in [7, 11) is 0. The maximum atomic E-state index is 12.5. The van der Waals surface area contributed by atoms with Crippen molar-refractivity contribution in [2.75, 3.05) is 0 Å². The van der Waals surface area contributed by atoms with Crippen LogP contribution in [0.1, 0.15) is 40.1 Å². The number of halogens is 1. The molecule has 27 heavy (non-hydrogen) atoms. The van der Waals surface area contributed by atoms with E-state index in [1.807, 2.05) is 13.0 Å². The Kier molecular flexibility index (Phi) is 6.96. The van der Waals surface area contributed by atoms with Crippen LogP contribution in [-0.2, 0) is 4.79 Å². The van der Waals surface area contributed by atoms with Crippen molar-refractivity contribution in [3.63, 3.8) is 0 Å². The molecule has 7 heteroatoms. The van der Waals surface area contributed by atoms with E-state index in [1.165, 1.54) is 6.07 Å². The van der Waals surface area contributed by atoms with Gasteiger partial charge in [-0.3, -0.25) is 25.2 Å². The molecule has 0 saturated heterocycles. The van der Waals surface area contributed by atoms with E-state index in [9.17, 15) is 14.4 Å². The second-order valence-corrected chi connectivity index (χ2v) is 6.95.